The van der Waals surface area contributed by atoms with Gasteiger partial charge >= 0.3 is 0 Å². The highest BCUT2D eigenvalue weighted by molar-refractivity contribution is 8.14. The van der Waals surface area contributed by atoms with Gasteiger partial charge in [0.15, 0.2) is 5.17 Å². The van der Waals surface area contributed by atoms with Gasteiger partial charge in [-0.25, -0.2) is 19.9 Å². The Kier molecular flexibility index (Phi) is 5.46. The van der Waals surface area contributed by atoms with E-state index in [1.54, 1.807) is 24.3 Å². The lowest BCUT2D eigenvalue weighted by atomic mass is 10.1. The highest BCUT2D eigenvalue weighted by atomic mass is 32.2. The largest absolute Gasteiger partial charge is 0.457 e. The molecule has 1 N–H and O–H groups in total. The van der Waals surface area contributed by atoms with Gasteiger partial charge in [-0.15, -0.1) is 0 Å². The Hall–Kier alpha value is -4.11. The summed E-state index contributed by atoms with van der Waals surface area (Å²) in [6.45, 7) is 3.04. The van der Waals surface area contributed by atoms with Gasteiger partial charge < -0.3 is 19.4 Å². The minimum absolute atomic E-state index is 0.738. The SMILES string of the molecule is Cc1cc(Nc2ncnc3ccc(/N=C4\SCCN4C)cc23)ccc1Oc1ccn2ccnc2c1. The highest BCUT2D eigenvalue weighted by Gasteiger charge is 2.15. The molecule has 1 fully saturated rings. The maximum Gasteiger partial charge on any atom is 0.164 e. The van der Waals surface area contributed by atoms with E-state index in [4.69, 9.17) is 9.73 Å². The second-order valence-corrected chi connectivity index (χ2v) is 9.41. The van der Waals surface area contributed by atoms with Gasteiger partial charge in [0.1, 0.15) is 29.3 Å². The first-order valence-corrected chi connectivity index (χ1v) is 12.3. The third-order valence-electron chi connectivity index (χ3n) is 5.86. The van der Waals surface area contributed by atoms with Crippen LogP contribution in [-0.2, 0) is 0 Å². The monoisotopic (exact) mass is 481 g/mol. The number of fused-ring (bicyclic) bond motifs is 2. The zero-order valence-electron chi connectivity index (χ0n) is 19.3. The molecular formula is C26H23N7OS. The first-order chi connectivity index (χ1) is 17.1. The number of aryl methyl sites for hydroxylation is 1. The summed E-state index contributed by atoms with van der Waals surface area (Å²) < 4.78 is 8.07. The fraction of sp³-hybridized carbons (Fsp3) is 0.154. The summed E-state index contributed by atoms with van der Waals surface area (Å²) in [4.78, 5) is 20.2. The van der Waals surface area contributed by atoms with Crippen molar-refractivity contribution < 1.29 is 4.74 Å². The summed E-state index contributed by atoms with van der Waals surface area (Å²) in [6.07, 6.45) is 7.19. The molecule has 5 aromatic rings. The number of nitrogens with zero attached hydrogens (tertiary/aromatic N) is 6. The summed E-state index contributed by atoms with van der Waals surface area (Å²) in [5.41, 5.74) is 4.52. The topological polar surface area (TPSA) is 79.9 Å². The van der Waals surface area contributed by atoms with Crippen molar-refractivity contribution in [3.05, 3.63) is 79.0 Å². The molecular weight excluding hydrogens is 458 g/mol. The molecule has 1 saturated heterocycles. The normalized spacial score (nSPS) is 14.8. The quantitative estimate of drug-likeness (QED) is 0.340. The number of pyridine rings is 1. The van der Waals surface area contributed by atoms with Crippen molar-refractivity contribution in [3.63, 3.8) is 0 Å². The minimum Gasteiger partial charge on any atom is -0.457 e. The molecule has 3 aromatic heterocycles. The molecule has 35 heavy (non-hydrogen) atoms. The maximum atomic E-state index is 6.12. The first-order valence-electron chi connectivity index (χ1n) is 11.3. The molecule has 0 atom stereocenters. The van der Waals surface area contributed by atoms with E-state index >= 15 is 0 Å². The van der Waals surface area contributed by atoms with Crippen LogP contribution in [0.25, 0.3) is 16.6 Å². The van der Waals surface area contributed by atoms with Crippen molar-refractivity contribution >= 4 is 50.7 Å². The van der Waals surface area contributed by atoms with Gasteiger partial charge in [0.2, 0.25) is 0 Å². The second kappa shape index (κ2) is 8.92. The molecule has 6 rings (SSSR count). The number of aliphatic imine (C=N–C) groups is 1. The van der Waals surface area contributed by atoms with E-state index in [2.05, 4.69) is 32.2 Å². The van der Waals surface area contributed by atoms with Gasteiger partial charge in [-0.05, 0) is 55.0 Å². The van der Waals surface area contributed by atoms with Crippen LogP contribution >= 0.6 is 11.8 Å². The molecule has 0 bridgehead atoms. The van der Waals surface area contributed by atoms with Gasteiger partial charge in [0.05, 0.1) is 11.2 Å². The zero-order chi connectivity index (χ0) is 23.8. The van der Waals surface area contributed by atoms with Crippen LogP contribution in [0.5, 0.6) is 11.5 Å². The average molecular weight is 482 g/mol. The summed E-state index contributed by atoms with van der Waals surface area (Å²) >= 11 is 1.77. The van der Waals surface area contributed by atoms with Crippen molar-refractivity contribution in [1.82, 2.24) is 24.3 Å². The van der Waals surface area contributed by atoms with E-state index < -0.39 is 0 Å². The Morgan fingerprint density at radius 2 is 1.97 bits per heavy atom. The van der Waals surface area contributed by atoms with E-state index in [0.717, 1.165) is 68.3 Å². The highest BCUT2D eigenvalue weighted by Crippen LogP contribution is 2.32. The molecule has 0 spiro atoms. The number of imidazole rings is 1. The molecule has 2 aromatic carbocycles. The van der Waals surface area contributed by atoms with Crippen LogP contribution in [0.2, 0.25) is 0 Å². The third kappa shape index (κ3) is 4.38. The molecule has 4 heterocycles. The van der Waals surface area contributed by atoms with Crippen LogP contribution in [0.4, 0.5) is 17.2 Å². The van der Waals surface area contributed by atoms with Crippen LogP contribution in [-0.4, -0.2) is 48.8 Å². The van der Waals surface area contributed by atoms with Gasteiger partial charge in [-0.1, -0.05) is 11.8 Å². The molecule has 0 unspecified atom stereocenters. The molecule has 0 aliphatic carbocycles. The third-order valence-corrected chi connectivity index (χ3v) is 6.91. The number of hydrogen-bond donors (Lipinski definition) is 1. The Balaban J connectivity index is 1.26. The van der Waals surface area contributed by atoms with Gasteiger partial charge in [0.25, 0.3) is 0 Å². The standard InChI is InChI=1S/C26H23N7OS/c1-17-13-18(4-6-23(17)34-20-7-9-33-10-8-27-24(33)15-20)30-25-21-14-19(3-5-22(21)28-16-29-25)31-26-32(2)11-12-35-26/h3-10,13-16H,11-12H2,1-2H3,(H,28,29,30)/b31-26-. The number of thioether (sulfide) groups is 1. The predicted molar refractivity (Wildman–Crippen MR) is 141 cm³/mol. The molecule has 1 aliphatic heterocycles. The number of rotatable bonds is 5. The first kappa shape index (κ1) is 21.4. The van der Waals surface area contributed by atoms with Gasteiger partial charge in [-0.3, -0.25) is 0 Å². The Morgan fingerprint density at radius 1 is 1.03 bits per heavy atom. The van der Waals surface area contributed by atoms with Crippen LogP contribution < -0.4 is 10.1 Å². The van der Waals surface area contributed by atoms with Crippen LogP contribution in [0.1, 0.15) is 5.56 Å². The van der Waals surface area contributed by atoms with Crippen molar-refractivity contribution in [3.8, 4) is 11.5 Å². The Labute approximate surface area is 206 Å². The van der Waals surface area contributed by atoms with E-state index in [1.165, 1.54) is 0 Å². The molecule has 174 valence electrons. The van der Waals surface area contributed by atoms with Crippen molar-refractivity contribution in [2.75, 3.05) is 24.7 Å². The average Bonchev–Trinajstić information content (AvgIpc) is 3.49. The number of benzene rings is 2. The maximum absolute atomic E-state index is 6.12. The van der Waals surface area contributed by atoms with E-state index in [9.17, 15) is 0 Å². The molecule has 8 nitrogen and oxygen atoms in total. The smallest absolute Gasteiger partial charge is 0.164 e. The van der Waals surface area contributed by atoms with E-state index in [0.29, 0.717) is 0 Å². The fourth-order valence-electron chi connectivity index (χ4n) is 3.98. The van der Waals surface area contributed by atoms with Crippen LogP contribution in [0.15, 0.2) is 78.4 Å². The van der Waals surface area contributed by atoms with Gasteiger partial charge in [-0.2, -0.15) is 0 Å². The molecule has 0 radical (unpaired) electrons. The summed E-state index contributed by atoms with van der Waals surface area (Å²) in [5, 5.41) is 5.40. The van der Waals surface area contributed by atoms with E-state index in [1.807, 2.05) is 72.2 Å². The van der Waals surface area contributed by atoms with Crippen molar-refractivity contribution in [1.29, 1.82) is 0 Å². The molecule has 0 saturated carbocycles. The Bertz CT molecular complexity index is 1580. The summed E-state index contributed by atoms with van der Waals surface area (Å²) in [7, 11) is 2.07. The number of amidine groups is 1. The minimum atomic E-state index is 0.738. The zero-order valence-corrected chi connectivity index (χ0v) is 20.2. The Morgan fingerprint density at radius 3 is 2.83 bits per heavy atom. The second-order valence-electron chi connectivity index (χ2n) is 8.35. The van der Waals surface area contributed by atoms with Crippen LogP contribution in [0, 0.1) is 6.92 Å². The van der Waals surface area contributed by atoms with Crippen molar-refractivity contribution in [2.24, 2.45) is 4.99 Å². The number of hydrogen-bond acceptors (Lipinski definition) is 7. The molecule has 9 heteroatoms. The molecule has 1 aliphatic rings. The van der Waals surface area contributed by atoms with Crippen molar-refractivity contribution in [2.45, 2.75) is 6.92 Å². The fourth-order valence-corrected chi connectivity index (χ4v) is 5.01. The van der Waals surface area contributed by atoms with Crippen LogP contribution in [0.3, 0.4) is 0 Å². The number of ether oxygens (including phenoxy) is 1. The number of nitrogens with one attached hydrogen (secondary N) is 1. The lowest BCUT2D eigenvalue weighted by Crippen LogP contribution is -2.17. The lowest BCUT2D eigenvalue weighted by Gasteiger charge is -2.13. The summed E-state index contributed by atoms with van der Waals surface area (Å²) in [5.74, 6) is 3.34. The van der Waals surface area contributed by atoms with E-state index in [-0.39, 0.29) is 0 Å². The molecule has 0 amide bonds. The predicted octanol–water partition coefficient (Wildman–Crippen LogP) is 5.79. The van der Waals surface area contributed by atoms with Gasteiger partial charge in [0, 0.05) is 55.1 Å². The number of anilines is 2. The lowest BCUT2D eigenvalue weighted by molar-refractivity contribution is 0.478. The summed E-state index contributed by atoms with van der Waals surface area (Å²) in [6, 6.07) is 15.9. The number of aromatic nitrogens is 4.